The standard InChI is InChI=1S/C28H34N2O5/c1-2-10-19(25(31)32)17-29-26(33)28(15-8-3-9-16-28)30-27(34)35-18-24-22-13-6-4-11-20(22)21-12-5-7-14-23(21)24/h4-7,11-14,19,24H,2-3,8-10,15-18H2,1H3,(H,29,33)(H,30,34)(H,31,32). The van der Waals surface area contributed by atoms with Gasteiger partial charge in [0.05, 0.1) is 5.92 Å². The second kappa shape index (κ2) is 10.9. The molecular weight excluding hydrogens is 444 g/mol. The number of aliphatic carboxylic acids is 1. The maximum Gasteiger partial charge on any atom is 0.408 e. The van der Waals surface area contributed by atoms with Gasteiger partial charge in [-0.05, 0) is 41.5 Å². The molecule has 0 spiro atoms. The molecule has 186 valence electrons. The Kier molecular flexibility index (Phi) is 7.73. The predicted molar refractivity (Wildman–Crippen MR) is 133 cm³/mol. The van der Waals surface area contributed by atoms with Crippen LogP contribution in [-0.2, 0) is 14.3 Å². The average molecular weight is 479 g/mol. The molecule has 2 aromatic carbocycles. The minimum Gasteiger partial charge on any atom is -0.481 e. The lowest BCUT2D eigenvalue weighted by Gasteiger charge is -2.36. The van der Waals surface area contributed by atoms with Crippen LogP contribution in [0, 0.1) is 5.92 Å². The maximum absolute atomic E-state index is 13.2. The van der Waals surface area contributed by atoms with Crippen molar-refractivity contribution in [1.29, 1.82) is 0 Å². The molecule has 2 aliphatic carbocycles. The van der Waals surface area contributed by atoms with Gasteiger partial charge in [-0.1, -0.05) is 81.1 Å². The van der Waals surface area contributed by atoms with E-state index in [2.05, 4.69) is 34.9 Å². The highest BCUT2D eigenvalue weighted by molar-refractivity contribution is 5.90. The lowest BCUT2D eigenvalue weighted by molar-refractivity contribution is -0.142. The third-order valence-electron chi connectivity index (χ3n) is 7.32. The van der Waals surface area contributed by atoms with Crippen molar-refractivity contribution in [2.45, 2.75) is 63.3 Å². The molecule has 7 nitrogen and oxygen atoms in total. The van der Waals surface area contributed by atoms with Gasteiger partial charge in [-0.3, -0.25) is 9.59 Å². The SMILES string of the molecule is CCCC(CNC(=O)C1(NC(=O)OCC2c3ccccc3-c3ccccc32)CCCCC1)C(=O)O. The van der Waals surface area contributed by atoms with Crippen LogP contribution in [0.5, 0.6) is 0 Å². The number of benzene rings is 2. The van der Waals surface area contributed by atoms with Crippen molar-refractivity contribution in [3.63, 3.8) is 0 Å². The predicted octanol–water partition coefficient (Wildman–Crippen LogP) is 4.85. The Morgan fingerprint density at radius 3 is 2.17 bits per heavy atom. The third kappa shape index (κ3) is 5.34. The zero-order chi connectivity index (χ0) is 24.8. The first-order valence-corrected chi connectivity index (χ1v) is 12.6. The highest BCUT2D eigenvalue weighted by atomic mass is 16.5. The lowest BCUT2D eigenvalue weighted by Crippen LogP contribution is -2.60. The highest BCUT2D eigenvalue weighted by Crippen LogP contribution is 2.44. The topological polar surface area (TPSA) is 105 Å². The Morgan fingerprint density at radius 1 is 1.00 bits per heavy atom. The monoisotopic (exact) mass is 478 g/mol. The molecule has 0 heterocycles. The van der Waals surface area contributed by atoms with E-state index >= 15 is 0 Å². The van der Waals surface area contributed by atoms with Crippen LogP contribution in [0.15, 0.2) is 48.5 Å². The molecule has 35 heavy (non-hydrogen) atoms. The third-order valence-corrected chi connectivity index (χ3v) is 7.32. The fraction of sp³-hybridized carbons (Fsp3) is 0.464. The number of alkyl carbamates (subject to hydrolysis) is 1. The molecule has 0 aromatic heterocycles. The minimum absolute atomic E-state index is 0.0517. The van der Waals surface area contributed by atoms with Crippen molar-refractivity contribution < 1.29 is 24.2 Å². The number of carboxylic acid groups (broad SMARTS) is 1. The summed E-state index contributed by atoms with van der Waals surface area (Å²) in [5, 5.41) is 15.1. The van der Waals surface area contributed by atoms with Gasteiger partial charge in [-0.15, -0.1) is 0 Å². The number of carbonyl (C=O) groups excluding carboxylic acids is 2. The van der Waals surface area contributed by atoms with E-state index in [4.69, 9.17) is 4.74 Å². The molecule has 1 fully saturated rings. The summed E-state index contributed by atoms with van der Waals surface area (Å²) in [7, 11) is 0. The van der Waals surface area contributed by atoms with Gasteiger partial charge >= 0.3 is 12.1 Å². The molecule has 1 saturated carbocycles. The molecule has 2 aliphatic rings. The molecule has 4 rings (SSSR count). The van der Waals surface area contributed by atoms with E-state index in [-0.39, 0.29) is 25.0 Å². The van der Waals surface area contributed by atoms with Gasteiger partial charge in [0, 0.05) is 12.5 Å². The number of carbonyl (C=O) groups is 3. The zero-order valence-corrected chi connectivity index (χ0v) is 20.2. The van der Waals surface area contributed by atoms with Crippen molar-refractivity contribution in [3.05, 3.63) is 59.7 Å². The first kappa shape index (κ1) is 24.8. The molecule has 0 aliphatic heterocycles. The van der Waals surface area contributed by atoms with Crippen molar-refractivity contribution in [1.82, 2.24) is 10.6 Å². The second-order valence-corrected chi connectivity index (χ2v) is 9.63. The van der Waals surface area contributed by atoms with Crippen LogP contribution >= 0.6 is 0 Å². The number of fused-ring (bicyclic) bond motifs is 3. The van der Waals surface area contributed by atoms with Gasteiger partial charge in [0.2, 0.25) is 5.91 Å². The largest absolute Gasteiger partial charge is 0.481 e. The van der Waals surface area contributed by atoms with Crippen LogP contribution in [-0.4, -0.2) is 41.8 Å². The van der Waals surface area contributed by atoms with Crippen molar-refractivity contribution in [2.75, 3.05) is 13.2 Å². The Balaban J connectivity index is 1.42. The average Bonchev–Trinajstić information content (AvgIpc) is 3.19. The summed E-state index contributed by atoms with van der Waals surface area (Å²) in [6.07, 6.45) is 4.23. The van der Waals surface area contributed by atoms with Crippen LogP contribution in [0.2, 0.25) is 0 Å². The molecule has 1 atom stereocenters. The van der Waals surface area contributed by atoms with Crippen LogP contribution in [0.3, 0.4) is 0 Å². The molecule has 2 aromatic rings. The smallest absolute Gasteiger partial charge is 0.408 e. The molecule has 1 unspecified atom stereocenters. The Hall–Kier alpha value is -3.35. The summed E-state index contributed by atoms with van der Waals surface area (Å²) >= 11 is 0. The van der Waals surface area contributed by atoms with Gasteiger partial charge in [-0.2, -0.15) is 0 Å². The van der Waals surface area contributed by atoms with Gasteiger partial charge in [0.1, 0.15) is 12.1 Å². The molecular formula is C28H34N2O5. The number of amides is 2. The summed E-state index contributed by atoms with van der Waals surface area (Å²) in [6, 6.07) is 16.3. The number of carboxylic acids is 1. The van der Waals surface area contributed by atoms with E-state index in [1.54, 1.807) is 0 Å². The Morgan fingerprint density at radius 2 is 1.60 bits per heavy atom. The van der Waals surface area contributed by atoms with Crippen LogP contribution in [0.4, 0.5) is 4.79 Å². The van der Waals surface area contributed by atoms with E-state index in [0.29, 0.717) is 19.3 Å². The van der Waals surface area contributed by atoms with E-state index in [0.717, 1.165) is 47.9 Å². The van der Waals surface area contributed by atoms with Gasteiger partial charge in [0.25, 0.3) is 0 Å². The van der Waals surface area contributed by atoms with E-state index < -0.39 is 23.5 Å². The summed E-state index contributed by atoms with van der Waals surface area (Å²) in [5.41, 5.74) is 3.49. The second-order valence-electron chi connectivity index (χ2n) is 9.63. The van der Waals surface area contributed by atoms with Crippen molar-refractivity contribution >= 4 is 18.0 Å². The fourth-order valence-corrected chi connectivity index (χ4v) is 5.44. The van der Waals surface area contributed by atoms with Crippen LogP contribution in [0.1, 0.15) is 68.9 Å². The van der Waals surface area contributed by atoms with E-state index in [9.17, 15) is 19.5 Å². The number of hydrogen-bond donors (Lipinski definition) is 3. The van der Waals surface area contributed by atoms with Gasteiger partial charge < -0.3 is 20.5 Å². The Bertz CT molecular complexity index is 1030. The first-order valence-electron chi connectivity index (χ1n) is 12.6. The number of rotatable bonds is 9. The maximum atomic E-state index is 13.2. The summed E-state index contributed by atoms with van der Waals surface area (Å²) in [6.45, 7) is 2.14. The van der Waals surface area contributed by atoms with Crippen LogP contribution in [0.25, 0.3) is 11.1 Å². The van der Waals surface area contributed by atoms with Crippen molar-refractivity contribution in [3.8, 4) is 11.1 Å². The summed E-state index contributed by atoms with van der Waals surface area (Å²) < 4.78 is 5.70. The van der Waals surface area contributed by atoms with E-state index in [1.807, 2.05) is 31.2 Å². The first-order chi connectivity index (χ1) is 16.9. The number of nitrogens with one attached hydrogen (secondary N) is 2. The summed E-state index contributed by atoms with van der Waals surface area (Å²) in [4.78, 5) is 37.6. The minimum atomic E-state index is -1.07. The molecule has 0 bridgehead atoms. The van der Waals surface area contributed by atoms with Gasteiger partial charge in [0.15, 0.2) is 0 Å². The zero-order valence-electron chi connectivity index (χ0n) is 20.2. The van der Waals surface area contributed by atoms with Crippen LogP contribution < -0.4 is 10.6 Å². The fourth-order valence-electron chi connectivity index (χ4n) is 5.44. The quantitative estimate of drug-likeness (QED) is 0.478. The molecule has 0 saturated heterocycles. The normalized spacial score (nSPS) is 17.1. The lowest BCUT2D eigenvalue weighted by atomic mass is 9.81. The van der Waals surface area contributed by atoms with Gasteiger partial charge in [-0.25, -0.2) is 4.79 Å². The molecule has 2 amide bonds. The number of hydrogen-bond acceptors (Lipinski definition) is 4. The molecule has 7 heteroatoms. The number of ether oxygens (including phenoxy) is 1. The molecule has 3 N–H and O–H groups in total. The van der Waals surface area contributed by atoms with E-state index in [1.165, 1.54) is 0 Å². The highest BCUT2D eigenvalue weighted by Gasteiger charge is 2.42. The Labute approximate surface area is 206 Å². The molecule has 0 radical (unpaired) electrons. The van der Waals surface area contributed by atoms with Crippen molar-refractivity contribution in [2.24, 2.45) is 5.92 Å². The summed E-state index contributed by atoms with van der Waals surface area (Å²) in [5.74, 6) is -1.95.